The summed E-state index contributed by atoms with van der Waals surface area (Å²) in [4.78, 5) is 17.8. The second kappa shape index (κ2) is 11.7. The molecule has 1 heterocycles. The Morgan fingerprint density at radius 2 is 1.57 bits per heavy atom. The Kier molecular flexibility index (Phi) is 8.48. The number of halogens is 1. The largest absolute Gasteiger partial charge is 0.465 e. The molecule has 0 N–H and O–H groups in total. The molecule has 0 spiro atoms. The molecule has 0 radical (unpaired) electrons. The Labute approximate surface area is 214 Å². The molecule has 0 amide bonds. The van der Waals surface area contributed by atoms with Crippen LogP contribution in [-0.4, -0.2) is 50.2 Å². The molecule has 5 heteroatoms. The minimum Gasteiger partial charge on any atom is -0.465 e. The second-order valence-electron chi connectivity index (χ2n) is 9.38. The van der Waals surface area contributed by atoms with E-state index in [4.69, 9.17) is 16.3 Å². The Bertz CT molecular complexity index is 1090. The minimum absolute atomic E-state index is 0.128. The Balaban J connectivity index is 1.30. The van der Waals surface area contributed by atoms with E-state index in [1.807, 2.05) is 62.4 Å². The SMILES string of the molecule is CCOC(=O)C(C)(CCCN1CCN(c2ccc(-c3ccccc3Cl)cc2)CC1)c1ccccc1. The summed E-state index contributed by atoms with van der Waals surface area (Å²) in [5.41, 5.74) is 3.88. The first-order chi connectivity index (χ1) is 17.0. The third-order valence-electron chi connectivity index (χ3n) is 7.08. The Hall–Kier alpha value is -2.82. The molecule has 3 aromatic carbocycles. The molecule has 0 aliphatic carbocycles. The van der Waals surface area contributed by atoms with Crippen LogP contribution in [0.15, 0.2) is 78.9 Å². The lowest BCUT2D eigenvalue weighted by Crippen LogP contribution is -2.47. The average molecular weight is 491 g/mol. The van der Waals surface area contributed by atoms with Gasteiger partial charge in [-0.15, -0.1) is 0 Å². The van der Waals surface area contributed by atoms with Crippen molar-refractivity contribution in [2.45, 2.75) is 32.1 Å². The van der Waals surface area contributed by atoms with Crippen molar-refractivity contribution in [2.24, 2.45) is 0 Å². The van der Waals surface area contributed by atoms with E-state index < -0.39 is 5.41 Å². The molecule has 4 nitrogen and oxygen atoms in total. The molecule has 1 aliphatic rings. The van der Waals surface area contributed by atoms with Crippen molar-refractivity contribution in [2.75, 3.05) is 44.2 Å². The highest BCUT2D eigenvalue weighted by Gasteiger charge is 2.36. The van der Waals surface area contributed by atoms with Crippen LogP contribution in [0.2, 0.25) is 5.02 Å². The summed E-state index contributed by atoms with van der Waals surface area (Å²) in [5, 5.41) is 0.778. The van der Waals surface area contributed by atoms with E-state index in [-0.39, 0.29) is 5.97 Å². The van der Waals surface area contributed by atoms with Crippen LogP contribution in [0.5, 0.6) is 0 Å². The molecule has 0 aromatic heterocycles. The van der Waals surface area contributed by atoms with Gasteiger partial charge in [0, 0.05) is 42.5 Å². The molecule has 3 aromatic rings. The number of benzene rings is 3. The van der Waals surface area contributed by atoms with E-state index in [9.17, 15) is 4.79 Å². The number of hydrogen-bond acceptors (Lipinski definition) is 4. The predicted molar refractivity (Wildman–Crippen MR) is 145 cm³/mol. The number of anilines is 1. The van der Waals surface area contributed by atoms with E-state index in [0.717, 1.165) is 67.3 Å². The van der Waals surface area contributed by atoms with Crippen LogP contribution >= 0.6 is 11.6 Å². The summed E-state index contributed by atoms with van der Waals surface area (Å²) >= 11 is 6.36. The van der Waals surface area contributed by atoms with Gasteiger partial charge in [-0.25, -0.2) is 0 Å². The maximum atomic E-state index is 12.8. The lowest BCUT2D eigenvalue weighted by Gasteiger charge is -2.37. The fourth-order valence-electron chi connectivity index (χ4n) is 4.89. The van der Waals surface area contributed by atoms with Gasteiger partial charge in [-0.1, -0.05) is 72.3 Å². The van der Waals surface area contributed by atoms with Crippen molar-refractivity contribution in [3.05, 3.63) is 89.4 Å². The molecular formula is C30H35ClN2O2. The summed E-state index contributed by atoms with van der Waals surface area (Å²) in [5.74, 6) is -0.128. The number of piperazine rings is 1. The van der Waals surface area contributed by atoms with Crippen molar-refractivity contribution in [1.82, 2.24) is 4.90 Å². The number of ether oxygens (including phenoxy) is 1. The molecule has 35 heavy (non-hydrogen) atoms. The molecule has 1 unspecified atom stereocenters. The summed E-state index contributed by atoms with van der Waals surface area (Å²) in [6.07, 6.45) is 1.73. The van der Waals surface area contributed by atoms with Gasteiger partial charge in [0.15, 0.2) is 0 Å². The first kappa shape index (κ1) is 25.3. The fourth-order valence-corrected chi connectivity index (χ4v) is 5.14. The number of rotatable bonds is 9. The lowest BCUT2D eigenvalue weighted by molar-refractivity contribution is -0.149. The van der Waals surface area contributed by atoms with Gasteiger partial charge in [0.2, 0.25) is 0 Å². The standard InChI is InChI=1S/C30H35ClN2O2/c1-3-35-29(34)30(2,25-10-5-4-6-11-25)18-9-19-32-20-22-33(23-21-32)26-16-14-24(15-17-26)27-12-7-8-13-28(27)31/h4-8,10-17H,3,9,18-23H2,1-2H3. The highest BCUT2D eigenvalue weighted by molar-refractivity contribution is 6.33. The van der Waals surface area contributed by atoms with Crippen molar-refractivity contribution in [1.29, 1.82) is 0 Å². The maximum absolute atomic E-state index is 12.8. The quantitative estimate of drug-likeness (QED) is 0.323. The van der Waals surface area contributed by atoms with Crippen LogP contribution in [0.1, 0.15) is 32.3 Å². The first-order valence-electron chi connectivity index (χ1n) is 12.6. The number of nitrogens with zero attached hydrogens (tertiary/aromatic N) is 2. The van der Waals surface area contributed by atoms with Crippen LogP contribution < -0.4 is 4.90 Å². The normalized spacial score (nSPS) is 16.0. The second-order valence-corrected chi connectivity index (χ2v) is 9.78. The van der Waals surface area contributed by atoms with Crippen molar-refractivity contribution >= 4 is 23.3 Å². The number of carbonyl (C=O) groups excluding carboxylic acids is 1. The van der Waals surface area contributed by atoms with E-state index in [2.05, 4.69) is 40.1 Å². The molecule has 184 valence electrons. The summed E-state index contributed by atoms with van der Waals surface area (Å²) in [6, 6.07) is 26.7. The van der Waals surface area contributed by atoms with Gasteiger partial charge in [-0.2, -0.15) is 0 Å². The highest BCUT2D eigenvalue weighted by atomic mass is 35.5. The molecular weight excluding hydrogens is 456 g/mol. The number of carbonyl (C=O) groups is 1. The first-order valence-corrected chi connectivity index (χ1v) is 12.9. The fraction of sp³-hybridized carbons (Fsp3) is 0.367. The van der Waals surface area contributed by atoms with Gasteiger partial charge in [-0.3, -0.25) is 9.69 Å². The Morgan fingerprint density at radius 1 is 0.914 bits per heavy atom. The molecule has 1 atom stereocenters. The van der Waals surface area contributed by atoms with Gasteiger partial charge in [-0.05, 0) is 62.6 Å². The predicted octanol–water partition coefficient (Wildman–Crippen LogP) is 6.43. The third-order valence-corrected chi connectivity index (χ3v) is 7.41. The van der Waals surface area contributed by atoms with Crippen molar-refractivity contribution in [3.63, 3.8) is 0 Å². The van der Waals surface area contributed by atoms with Gasteiger partial charge in [0.05, 0.1) is 12.0 Å². The smallest absolute Gasteiger partial charge is 0.316 e. The van der Waals surface area contributed by atoms with E-state index >= 15 is 0 Å². The third kappa shape index (κ3) is 6.06. The zero-order valence-electron chi connectivity index (χ0n) is 20.8. The molecule has 1 aliphatic heterocycles. The number of esters is 1. The average Bonchev–Trinajstić information content (AvgIpc) is 2.90. The topological polar surface area (TPSA) is 32.8 Å². The zero-order valence-corrected chi connectivity index (χ0v) is 21.5. The van der Waals surface area contributed by atoms with Crippen molar-refractivity contribution < 1.29 is 9.53 Å². The minimum atomic E-state index is -0.609. The van der Waals surface area contributed by atoms with E-state index in [1.54, 1.807) is 0 Å². The van der Waals surface area contributed by atoms with Crippen LogP contribution in [0.25, 0.3) is 11.1 Å². The van der Waals surface area contributed by atoms with Crippen molar-refractivity contribution in [3.8, 4) is 11.1 Å². The monoisotopic (exact) mass is 490 g/mol. The van der Waals surface area contributed by atoms with Gasteiger partial charge >= 0.3 is 5.97 Å². The van der Waals surface area contributed by atoms with Crippen LogP contribution in [-0.2, 0) is 14.9 Å². The van der Waals surface area contributed by atoms with E-state index in [0.29, 0.717) is 6.61 Å². The molecule has 0 bridgehead atoms. The van der Waals surface area contributed by atoms with E-state index in [1.165, 1.54) is 5.69 Å². The number of hydrogen-bond donors (Lipinski definition) is 0. The van der Waals surface area contributed by atoms with Crippen LogP contribution in [0.4, 0.5) is 5.69 Å². The van der Waals surface area contributed by atoms with Gasteiger partial charge in [0.25, 0.3) is 0 Å². The molecule has 1 saturated heterocycles. The molecule has 1 fully saturated rings. The summed E-state index contributed by atoms with van der Waals surface area (Å²) in [7, 11) is 0. The molecule has 0 saturated carbocycles. The maximum Gasteiger partial charge on any atom is 0.316 e. The molecule has 4 rings (SSSR count). The van der Waals surface area contributed by atoms with Gasteiger partial charge < -0.3 is 9.64 Å². The highest BCUT2D eigenvalue weighted by Crippen LogP contribution is 2.32. The Morgan fingerprint density at radius 3 is 2.23 bits per heavy atom. The van der Waals surface area contributed by atoms with Crippen LogP contribution in [0.3, 0.4) is 0 Å². The zero-order chi connectivity index (χ0) is 24.7. The summed E-state index contributed by atoms with van der Waals surface area (Å²) < 4.78 is 5.44. The summed E-state index contributed by atoms with van der Waals surface area (Å²) in [6.45, 7) is 9.32. The van der Waals surface area contributed by atoms with Gasteiger partial charge in [0.1, 0.15) is 0 Å². The lowest BCUT2D eigenvalue weighted by atomic mass is 9.78. The van der Waals surface area contributed by atoms with Crippen LogP contribution in [0, 0.1) is 0 Å².